The van der Waals surface area contributed by atoms with Gasteiger partial charge in [-0.05, 0) is 71.1 Å². The number of hydrogen-bond donors (Lipinski definition) is 2. The van der Waals surface area contributed by atoms with Crippen LogP contribution < -0.4 is 5.48 Å². The Balaban J connectivity index is 1.67. The van der Waals surface area contributed by atoms with E-state index in [9.17, 15) is 14.0 Å². The summed E-state index contributed by atoms with van der Waals surface area (Å²) in [4.78, 5) is 31.0. The summed E-state index contributed by atoms with van der Waals surface area (Å²) in [6.07, 6.45) is 5.70. The molecule has 7 heteroatoms. The van der Waals surface area contributed by atoms with E-state index in [4.69, 9.17) is 5.21 Å². The minimum absolute atomic E-state index is 0.189. The number of pyridine rings is 1. The molecule has 0 spiro atoms. The van der Waals surface area contributed by atoms with Gasteiger partial charge in [0.15, 0.2) is 0 Å². The predicted molar refractivity (Wildman–Crippen MR) is 113 cm³/mol. The average molecular weight is 417 g/mol. The van der Waals surface area contributed by atoms with Gasteiger partial charge in [-0.2, -0.15) is 0 Å². The molecule has 0 fully saturated rings. The molecule has 3 aromatic rings. The van der Waals surface area contributed by atoms with Crippen molar-refractivity contribution >= 4 is 23.5 Å². The standard InChI is InChI=1S/C24H20FN3O3/c25-21-5-3-18(4-6-21)22(13-16-7-10-26-11-8-16)24(30)28-12-9-17-1-2-19(23(29)27-31)14-20(17)15-28/h1-8,10-11,13-14,31H,9,12,15H2,(H,27,29)/b22-13-. The number of carbonyl (C=O) groups is 2. The number of hydrogen-bond acceptors (Lipinski definition) is 4. The van der Waals surface area contributed by atoms with E-state index in [1.54, 1.807) is 65.2 Å². The van der Waals surface area contributed by atoms with E-state index < -0.39 is 5.91 Å². The van der Waals surface area contributed by atoms with Gasteiger partial charge >= 0.3 is 0 Å². The molecule has 2 amide bonds. The lowest BCUT2D eigenvalue weighted by atomic mass is 9.95. The highest BCUT2D eigenvalue weighted by Crippen LogP contribution is 2.26. The highest BCUT2D eigenvalue weighted by atomic mass is 19.1. The minimum atomic E-state index is -0.601. The highest BCUT2D eigenvalue weighted by Gasteiger charge is 2.25. The summed E-state index contributed by atoms with van der Waals surface area (Å²) in [7, 11) is 0. The number of benzene rings is 2. The predicted octanol–water partition coefficient (Wildman–Crippen LogP) is 3.47. The third kappa shape index (κ3) is 4.51. The fourth-order valence-electron chi connectivity index (χ4n) is 3.63. The summed E-state index contributed by atoms with van der Waals surface area (Å²) < 4.78 is 13.5. The molecule has 2 aromatic carbocycles. The molecule has 31 heavy (non-hydrogen) atoms. The van der Waals surface area contributed by atoms with Crippen molar-refractivity contribution < 1.29 is 19.2 Å². The topological polar surface area (TPSA) is 82.5 Å². The second-order valence-electron chi connectivity index (χ2n) is 7.25. The molecule has 0 saturated heterocycles. The number of amides is 2. The Morgan fingerprint density at radius 3 is 2.42 bits per heavy atom. The molecule has 2 N–H and O–H groups in total. The SMILES string of the molecule is O=C(NO)c1ccc2c(c1)CN(C(=O)/C(=C\c1ccncc1)c1ccc(F)cc1)CC2. The van der Waals surface area contributed by atoms with Gasteiger partial charge in [0.25, 0.3) is 11.8 Å². The maximum absolute atomic E-state index is 13.5. The van der Waals surface area contributed by atoms with Crippen LogP contribution in [0.15, 0.2) is 67.0 Å². The zero-order chi connectivity index (χ0) is 21.8. The van der Waals surface area contributed by atoms with Crippen LogP contribution in [0.5, 0.6) is 0 Å². The number of nitrogens with zero attached hydrogens (tertiary/aromatic N) is 2. The number of rotatable bonds is 4. The number of halogens is 1. The van der Waals surface area contributed by atoms with E-state index in [1.807, 2.05) is 6.07 Å². The van der Waals surface area contributed by atoms with Gasteiger partial charge in [0.2, 0.25) is 0 Å². The molecule has 0 radical (unpaired) electrons. The van der Waals surface area contributed by atoms with Crippen molar-refractivity contribution in [3.05, 3.63) is 101 Å². The van der Waals surface area contributed by atoms with Gasteiger partial charge in [-0.3, -0.25) is 19.8 Å². The summed E-state index contributed by atoms with van der Waals surface area (Å²) in [6.45, 7) is 0.849. The minimum Gasteiger partial charge on any atom is -0.334 e. The van der Waals surface area contributed by atoms with Crippen LogP contribution in [0.25, 0.3) is 11.6 Å². The summed E-state index contributed by atoms with van der Waals surface area (Å²) >= 11 is 0. The Hall–Kier alpha value is -3.84. The number of hydroxylamine groups is 1. The van der Waals surface area contributed by atoms with Crippen molar-refractivity contribution in [2.45, 2.75) is 13.0 Å². The summed E-state index contributed by atoms with van der Waals surface area (Å²) in [5.74, 6) is -1.16. The molecule has 0 saturated carbocycles. The van der Waals surface area contributed by atoms with Gasteiger partial charge in [0.05, 0.1) is 0 Å². The smallest absolute Gasteiger partial charge is 0.274 e. The van der Waals surface area contributed by atoms with Crippen molar-refractivity contribution in [2.75, 3.05) is 6.54 Å². The van der Waals surface area contributed by atoms with Crippen molar-refractivity contribution in [1.82, 2.24) is 15.4 Å². The maximum Gasteiger partial charge on any atom is 0.274 e. The molecule has 1 aromatic heterocycles. The lowest BCUT2D eigenvalue weighted by molar-refractivity contribution is -0.125. The maximum atomic E-state index is 13.5. The van der Waals surface area contributed by atoms with E-state index in [0.717, 1.165) is 16.7 Å². The second-order valence-corrected chi connectivity index (χ2v) is 7.25. The highest BCUT2D eigenvalue weighted by molar-refractivity contribution is 6.24. The first-order chi connectivity index (χ1) is 15.0. The van der Waals surface area contributed by atoms with Crippen LogP contribution in [0, 0.1) is 5.82 Å². The second kappa shape index (κ2) is 8.89. The molecule has 1 aliphatic heterocycles. The first-order valence-corrected chi connectivity index (χ1v) is 9.78. The van der Waals surface area contributed by atoms with Crippen LogP contribution in [0.3, 0.4) is 0 Å². The molecule has 6 nitrogen and oxygen atoms in total. The quantitative estimate of drug-likeness (QED) is 0.387. The molecular formula is C24H20FN3O3. The number of aromatic nitrogens is 1. The lowest BCUT2D eigenvalue weighted by Gasteiger charge is -2.30. The molecule has 2 heterocycles. The van der Waals surface area contributed by atoms with E-state index >= 15 is 0 Å². The number of fused-ring (bicyclic) bond motifs is 1. The first kappa shape index (κ1) is 20.4. The van der Waals surface area contributed by atoms with Gasteiger partial charge < -0.3 is 4.90 Å². The van der Waals surface area contributed by atoms with E-state index in [2.05, 4.69) is 4.98 Å². The monoisotopic (exact) mass is 417 g/mol. The largest absolute Gasteiger partial charge is 0.334 e. The van der Waals surface area contributed by atoms with Gasteiger partial charge in [-0.25, -0.2) is 9.87 Å². The Morgan fingerprint density at radius 1 is 1.00 bits per heavy atom. The molecule has 0 aliphatic carbocycles. The van der Waals surface area contributed by atoms with Crippen LogP contribution in [-0.4, -0.2) is 33.5 Å². The molecular weight excluding hydrogens is 397 g/mol. The van der Waals surface area contributed by atoms with Crippen LogP contribution in [0.4, 0.5) is 4.39 Å². The zero-order valence-electron chi connectivity index (χ0n) is 16.6. The third-order valence-corrected chi connectivity index (χ3v) is 5.27. The first-order valence-electron chi connectivity index (χ1n) is 9.78. The van der Waals surface area contributed by atoms with Gasteiger partial charge in [-0.1, -0.05) is 18.2 Å². The van der Waals surface area contributed by atoms with Crippen LogP contribution in [0.1, 0.15) is 32.6 Å². The van der Waals surface area contributed by atoms with Gasteiger partial charge in [0, 0.05) is 36.6 Å². The van der Waals surface area contributed by atoms with E-state index in [-0.39, 0.29) is 11.7 Å². The lowest BCUT2D eigenvalue weighted by Crippen LogP contribution is -2.36. The Labute approximate surface area is 178 Å². The van der Waals surface area contributed by atoms with E-state index in [1.165, 1.54) is 12.1 Å². The van der Waals surface area contributed by atoms with Crippen molar-refractivity contribution in [3.8, 4) is 0 Å². The molecule has 0 bridgehead atoms. The zero-order valence-corrected chi connectivity index (χ0v) is 16.6. The fourth-order valence-corrected chi connectivity index (χ4v) is 3.63. The van der Waals surface area contributed by atoms with E-state index in [0.29, 0.717) is 36.2 Å². The Kier molecular flexibility index (Phi) is 5.86. The van der Waals surface area contributed by atoms with Crippen LogP contribution >= 0.6 is 0 Å². The Morgan fingerprint density at radius 2 is 1.71 bits per heavy atom. The average Bonchev–Trinajstić information content (AvgIpc) is 2.82. The summed E-state index contributed by atoms with van der Waals surface area (Å²) in [5, 5.41) is 8.89. The normalized spacial score (nSPS) is 13.5. The summed E-state index contributed by atoms with van der Waals surface area (Å²) in [6, 6.07) is 14.6. The van der Waals surface area contributed by atoms with Crippen molar-refractivity contribution in [3.63, 3.8) is 0 Å². The number of nitrogens with one attached hydrogen (secondary N) is 1. The molecule has 156 valence electrons. The molecule has 0 unspecified atom stereocenters. The fraction of sp³-hybridized carbons (Fsp3) is 0.125. The van der Waals surface area contributed by atoms with Gasteiger partial charge in [-0.15, -0.1) is 0 Å². The molecule has 1 aliphatic rings. The molecule has 0 atom stereocenters. The van der Waals surface area contributed by atoms with Crippen molar-refractivity contribution in [2.24, 2.45) is 0 Å². The van der Waals surface area contributed by atoms with Crippen LogP contribution in [0.2, 0.25) is 0 Å². The third-order valence-electron chi connectivity index (χ3n) is 5.27. The van der Waals surface area contributed by atoms with Crippen LogP contribution in [-0.2, 0) is 17.8 Å². The molecule has 4 rings (SSSR count). The van der Waals surface area contributed by atoms with Gasteiger partial charge in [0.1, 0.15) is 5.82 Å². The summed E-state index contributed by atoms with van der Waals surface area (Å²) in [5.41, 5.74) is 5.72. The van der Waals surface area contributed by atoms with Crippen molar-refractivity contribution in [1.29, 1.82) is 0 Å². The number of carbonyl (C=O) groups excluding carboxylic acids is 2. The Bertz CT molecular complexity index is 1140.